The van der Waals surface area contributed by atoms with E-state index in [1.807, 2.05) is 6.92 Å². The van der Waals surface area contributed by atoms with Crippen LogP contribution in [0.25, 0.3) is 10.2 Å². The van der Waals surface area contributed by atoms with Crippen molar-refractivity contribution >= 4 is 50.6 Å². The molecule has 1 atom stereocenters. The molecule has 3 aromatic rings. The molecule has 28 heavy (non-hydrogen) atoms. The average Bonchev–Trinajstić information content (AvgIpc) is 3.02. The van der Waals surface area contributed by atoms with Gasteiger partial charge in [0.25, 0.3) is 5.91 Å². The van der Waals surface area contributed by atoms with Gasteiger partial charge in [-0.1, -0.05) is 11.6 Å². The largest absolute Gasteiger partial charge is 0.353 e. The molecule has 0 aliphatic carbocycles. The van der Waals surface area contributed by atoms with Gasteiger partial charge in [0.05, 0.1) is 15.3 Å². The van der Waals surface area contributed by atoms with Gasteiger partial charge in [0.2, 0.25) is 0 Å². The fourth-order valence-corrected chi connectivity index (χ4v) is 4.88. The van der Waals surface area contributed by atoms with Crippen LogP contribution < -0.4 is 10.2 Å². The van der Waals surface area contributed by atoms with Crippen molar-refractivity contribution in [3.63, 3.8) is 0 Å². The summed E-state index contributed by atoms with van der Waals surface area (Å²) in [6.07, 6.45) is 5.06. The average molecular weight is 419 g/mol. The number of nitrogens with zero attached hydrogens (tertiary/aromatic N) is 3. The lowest BCUT2D eigenvalue weighted by molar-refractivity contribution is 0.103. The van der Waals surface area contributed by atoms with Crippen LogP contribution in [0, 0.1) is 12.7 Å². The third-order valence-corrected chi connectivity index (χ3v) is 6.65. The van der Waals surface area contributed by atoms with E-state index in [9.17, 15) is 9.18 Å². The van der Waals surface area contributed by atoms with Crippen molar-refractivity contribution in [1.82, 2.24) is 9.97 Å². The Labute approximate surface area is 171 Å². The van der Waals surface area contributed by atoms with E-state index in [4.69, 9.17) is 11.6 Å². The van der Waals surface area contributed by atoms with Crippen LogP contribution in [0.2, 0.25) is 5.02 Å². The molecule has 5 nitrogen and oxygen atoms in total. The maximum absolute atomic E-state index is 13.4. The summed E-state index contributed by atoms with van der Waals surface area (Å²) in [4.78, 5) is 25.5. The van der Waals surface area contributed by atoms with Crippen molar-refractivity contribution in [3.8, 4) is 0 Å². The van der Waals surface area contributed by atoms with Crippen molar-refractivity contribution < 1.29 is 9.18 Å². The molecule has 2 aromatic heterocycles. The second-order valence-corrected chi connectivity index (χ2v) is 8.46. The Morgan fingerprint density at radius 1 is 1.36 bits per heavy atom. The van der Waals surface area contributed by atoms with Crippen LogP contribution in [0.4, 0.5) is 15.9 Å². The highest BCUT2D eigenvalue weighted by Gasteiger charge is 2.25. The molecule has 0 radical (unpaired) electrons. The Hall–Kier alpha value is -2.25. The summed E-state index contributed by atoms with van der Waals surface area (Å²) in [5, 5.41) is 3.70. The smallest absolute Gasteiger partial charge is 0.266 e. The normalized spacial score (nSPS) is 17.1. The SMILES string of the molecule is Cc1c(C(=O)Nc2ccc(F)c(Cl)c2)sc2ncnc(N3CCCC[C@@H]3C)c12. The lowest BCUT2D eigenvalue weighted by Crippen LogP contribution is -2.38. The van der Waals surface area contributed by atoms with E-state index >= 15 is 0 Å². The predicted octanol–water partition coefficient (Wildman–Crippen LogP) is 5.42. The minimum absolute atomic E-state index is 0.0295. The van der Waals surface area contributed by atoms with Gasteiger partial charge >= 0.3 is 0 Å². The summed E-state index contributed by atoms with van der Waals surface area (Å²) >= 11 is 7.15. The number of aryl methyl sites for hydroxylation is 1. The van der Waals surface area contributed by atoms with E-state index in [0.29, 0.717) is 16.6 Å². The zero-order valence-electron chi connectivity index (χ0n) is 15.6. The van der Waals surface area contributed by atoms with Crippen molar-refractivity contribution in [3.05, 3.63) is 45.8 Å². The van der Waals surface area contributed by atoms with Gasteiger partial charge in [0, 0.05) is 18.3 Å². The number of rotatable bonds is 3. The highest BCUT2D eigenvalue weighted by Crippen LogP contribution is 2.37. The maximum Gasteiger partial charge on any atom is 0.266 e. The van der Waals surface area contributed by atoms with Gasteiger partial charge in [-0.15, -0.1) is 11.3 Å². The minimum Gasteiger partial charge on any atom is -0.353 e. The number of hydrogen-bond donors (Lipinski definition) is 1. The van der Waals surface area contributed by atoms with Crippen LogP contribution in [-0.2, 0) is 0 Å². The highest BCUT2D eigenvalue weighted by atomic mass is 35.5. The standard InChI is InChI=1S/C20H20ClFN4OS/c1-11-5-3-4-8-26(11)18-16-12(2)17(28-20(16)24-10-23-18)19(27)25-13-6-7-15(22)14(21)9-13/h6-7,9-11H,3-5,8H2,1-2H3,(H,25,27)/t11-/m0/s1. The molecular formula is C20H20ClFN4OS. The summed E-state index contributed by atoms with van der Waals surface area (Å²) in [7, 11) is 0. The first-order valence-corrected chi connectivity index (χ1v) is 10.4. The van der Waals surface area contributed by atoms with Crippen LogP contribution in [0.5, 0.6) is 0 Å². The molecule has 1 fully saturated rings. The first-order chi connectivity index (χ1) is 13.5. The van der Waals surface area contributed by atoms with Crippen molar-refractivity contribution in [2.24, 2.45) is 0 Å². The van der Waals surface area contributed by atoms with Gasteiger partial charge in [0.1, 0.15) is 22.8 Å². The minimum atomic E-state index is -0.520. The molecule has 8 heteroatoms. The zero-order chi connectivity index (χ0) is 19.8. The Morgan fingerprint density at radius 3 is 2.93 bits per heavy atom. The van der Waals surface area contributed by atoms with E-state index in [1.54, 1.807) is 6.33 Å². The van der Waals surface area contributed by atoms with E-state index in [1.165, 1.54) is 36.0 Å². The Bertz CT molecular complexity index is 1050. The number of halogens is 2. The number of amides is 1. The van der Waals surface area contributed by atoms with Crippen molar-refractivity contribution in [1.29, 1.82) is 0 Å². The third-order valence-electron chi connectivity index (χ3n) is 5.17. The van der Waals surface area contributed by atoms with Gasteiger partial charge in [0.15, 0.2) is 0 Å². The van der Waals surface area contributed by atoms with Crippen LogP contribution >= 0.6 is 22.9 Å². The Balaban J connectivity index is 1.70. The monoisotopic (exact) mass is 418 g/mol. The number of aromatic nitrogens is 2. The summed E-state index contributed by atoms with van der Waals surface area (Å²) in [6, 6.07) is 4.53. The number of thiophene rings is 1. The van der Waals surface area contributed by atoms with Gasteiger partial charge in [-0.05, 0) is 56.9 Å². The molecule has 1 N–H and O–H groups in total. The number of fused-ring (bicyclic) bond motifs is 1. The summed E-state index contributed by atoms with van der Waals surface area (Å²) < 4.78 is 13.4. The molecule has 0 bridgehead atoms. The van der Waals surface area contributed by atoms with Crippen LogP contribution in [0.15, 0.2) is 24.5 Å². The quantitative estimate of drug-likeness (QED) is 0.616. The molecule has 0 spiro atoms. The fourth-order valence-electron chi connectivity index (χ4n) is 3.66. The van der Waals surface area contributed by atoms with Gasteiger partial charge in [-0.2, -0.15) is 0 Å². The lowest BCUT2D eigenvalue weighted by atomic mass is 10.0. The number of carbonyl (C=O) groups excluding carboxylic acids is 1. The van der Waals surface area contributed by atoms with E-state index < -0.39 is 5.82 Å². The molecule has 1 aromatic carbocycles. The number of benzene rings is 1. The number of carbonyl (C=O) groups is 1. The molecule has 146 valence electrons. The maximum atomic E-state index is 13.4. The highest BCUT2D eigenvalue weighted by molar-refractivity contribution is 7.20. The lowest BCUT2D eigenvalue weighted by Gasteiger charge is -2.34. The predicted molar refractivity (Wildman–Crippen MR) is 112 cm³/mol. The summed E-state index contributed by atoms with van der Waals surface area (Å²) in [6.45, 7) is 5.09. The second kappa shape index (κ2) is 7.64. The molecule has 3 heterocycles. The Kier molecular flexibility index (Phi) is 5.21. The van der Waals surface area contributed by atoms with E-state index in [0.717, 1.165) is 41.0 Å². The van der Waals surface area contributed by atoms with Gasteiger partial charge in [-0.3, -0.25) is 4.79 Å². The topological polar surface area (TPSA) is 58.1 Å². The van der Waals surface area contributed by atoms with E-state index in [2.05, 4.69) is 27.1 Å². The van der Waals surface area contributed by atoms with Crippen molar-refractivity contribution in [2.45, 2.75) is 39.2 Å². The molecule has 1 aliphatic heterocycles. The fraction of sp³-hybridized carbons (Fsp3) is 0.350. The number of piperidine rings is 1. The molecular weight excluding hydrogens is 399 g/mol. The summed E-state index contributed by atoms with van der Waals surface area (Å²) in [5.41, 5.74) is 1.31. The number of anilines is 2. The van der Waals surface area contributed by atoms with Crippen molar-refractivity contribution in [2.75, 3.05) is 16.8 Å². The molecule has 1 aliphatic rings. The molecule has 0 saturated carbocycles. The van der Waals surface area contributed by atoms with Crippen LogP contribution in [0.3, 0.4) is 0 Å². The van der Waals surface area contributed by atoms with Crippen LogP contribution in [0.1, 0.15) is 41.4 Å². The second-order valence-electron chi connectivity index (χ2n) is 7.05. The first-order valence-electron chi connectivity index (χ1n) is 9.23. The Morgan fingerprint density at radius 2 is 2.18 bits per heavy atom. The summed E-state index contributed by atoms with van der Waals surface area (Å²) in [5.74, 6) is 0.115. The number of nitrogens with one attached hydrogen (secondary N) is 1. The number of hydrogen-bond acceptors (Lipinski definition) is 5. The van der Waals surface area contributed by atoms with Crippen LogP contribution in [-0.4, -0.2) is 28.5 Å². The van der Waals surface area contributed by atoms with E-state index in [-0.39, 0.29) is 10.9 Å². The van der Waals surface area contributed by atoms with Gasteiger partial charge in [-0.25, -0.2) is 14.4 Å². The molecule has 0 unspecified atom stereocenters. The molecule has 1 amide bonds. The third kappa shape index (κ3) is 3.44. The zero-order valence-corrected chi connectivity index (χ0v) is 17.2. The molecule has 4 rings (SSSR count). The van der Waals surface area contributed by atoms with Gasteiger partial charge < -0.3 is 10.2 Å². The molecule has 1 saturated heterocycles. The first kappa shape index (κ1) is 19.1.